The zero-order valence-electron chi connectivity index (χ0n) is 23.5. The number of benzene rings is 1. The summed E-state index contributed by atoms with van der Waals surface area (Å²) in [5.74, 6) is -3.26. The van der Waals surface area contributed by atoms with E-state index in [2.05, 4.69) is 39.9 Å². The summed E-state index contributed by atoms with van der Waals surface area (Å²) in [6, 6.07) is 11.0. The molecule has 232 valence electrons. The first-order valence-electron chi connectivity index (χ1n) is 13.6. The number of hydrogen-bond acceptors (Lipinski definition) is 10. The van der Waals surface area contributed by atoms with Crippen LogP contribution < -0.4 is 26.4 Å². The lowest BCUT2D eigenvalue weighted by Crippen LogP contribution is -2.43. The molecule has 0 fully saturated rings. The zero-order valence-corrected chi connectivity index (χ0v) is 25.2. The van der Waals surface area contributed by atoms with Crippen LogP contribution in [0.15, 0.2) is 54.7 Å². The van der Waals surface area contributed by atoms with Crippen molar-refractivity contribution in [3.8, 4) is 0 Å². The van der Waals surface area contributed by atoms with Crippen LogP contribution in [0.4, 0.5) is 0 Å². The average molecular weight is 633 g/mol. The lowest BCUT2D eigenvalue weighted by molar-refractivity contribution is -0.125. The van der Waals surface area contributed by atoms with Crippen molar-refractivity contribution in [2.45, 2.75) is 37.8 Å². The van der Waals surface area contributed by atoms with E-state index in [4.69, 9.17) is 5.73 Å². The molecule has 0 bridgehead atoms. The molecule has 6 N–H and O–H groups in total. The smallest absolute Gasteiger partial charge is 0.242 e. The third-order valence-corrected chi connectivity index (χ3v) is 8.42. The van der Waals surface area contributed by atoms with E-state index in [0.717, 1.165) is 0 Å². The van der Waals surface area contributed by atoms with Gasteiger partial charge in [0.25, 0.3) is 0 Å². The number of carbonyl (C=O) groups excluding carboxylic acids is 5. The first-order chi connectivity index (χ1) is 20.4. The molecular formula is C28H36N6O7S2. The summed E-state index contributed by atoms with van der Waals surface area (Å²) in [5, 5.41) is 7.66. The van der Waals surface area contributed by atoms with Gasteiger partial charge in [-0.1, -0.05) is 36.9 Å². The second-order valence-electron chi connectivity index (χ2n) is 10.0. The maximum absolute atomic E-state index is 12.9. The highest BCUT2D eigenvalue weighted by Crippen LogP contribution is 2.31. The van der Waals surface area contributed by atoms with Crippen LogP contribution in [0.5, 0.6) is 0 Å². The van der Waals surface area contributed by atoms with Gasteiger partial charge in [0.05, 0.1) is 48.8 Å². The van der Waals surface area contributed by atoms with Crippen LogP contribution in [0.2, 0.25) is 0 Å². The van der Waals surface area contributed by atoms with Gasteiger partial charge in [-0.2, -0.15) is 12.6 Å². The van der Waals surface area contributed by atoms with Gasteiger partial charge in [0.1, 0.15) is 0 Å². The number of nitrogens with one attached hydrogen (secondary N) is 4. The third-order valence-electron chi connectivity index (χ3n) is 6.80. The van der Waals surface area contributed by atoms with Crippen molar-refractivity contribution in [1.29, 1.82) is 0 Å². The number of aromatic nitrogens is 1. The van der Waals surface area contributed by atoms with E-state index >= 15 is 0 Å². The van der Waals surface area contributed by atoms with Crippen molar-refractivity contribution in [3.05, 3.63) is 71.7 Å². The summed E-state index contributed by atoms with van der Waals surface area (Å²) in [4.78, 5) is 61.2. The van der Waals surface area contributed by atoms with Crippen LogP contribution in [-0.4, -0.2) is 79.5 Å². The second-order valence-corrected chi connectivity index (χ2v) is 12.2. The molecule has 13 nitrogen and oxygen atoms in total. The molecule has 3 rings (SSSR count). The molecule has 1 aromatic carbocycles. The van der Waals surface area contributed by atoms with Crippen molar-refractivity contribution < 1.29 is 32.4 Å². The Morgan fingerprint density at radius 3 is 2.37 bits per heavy atom. The van der Waals surface area contributed by atoms with Gasteiger partial charge in [0.15, 0.2) is 5.78 Å². The van der Waals surface area contributed by atoms with Gasteiger partial charge >= 0.3 is 0 Å². The number of fused-ring (bicyclic) bond motifs is 1. The van der Waals surface area contributed by atoms with Crippen LogP contribution >= 0.6 is 12.6 Å². The number of nitrogens with two attached hydrogens (primary N) is 1. The molecule has 2 atom stereocenters. The summed E-state index contributed by atoms with van der Waals surface area (Å²) in [5.41, 5.74) is 7.79. The predicted octanol–water partition coefficient (Wildman–Crippen LogP) is -0.405. The Hall–Kier alpha value is -3.95. The maximum Gasteiger partial charge on any atom is 0.242 e. The molecule has 0 spiro atoms. The van der Waals surface area contributed by atoms with Crippen molar-refractivity contribution in [1.82, 2.24) is 25.2 Å². The molecule has 3 amide bonds. The zero-order chi connectivity index (χ0) is 31.6. The SMILES string of the molecule is C=C(CNC(=O)CS)NCC(=O)NCC(=O)C(N)CCCS(=O)(=O)NC(=O)C1CCn2c(C(=O)c3ccccc3)ccc21. The Morgan fingerprint density at radius 1 is 0.977 bits per heavy atom. The molecule has 0 radical (unpaired) electrons. The Balaban J connectivity index is 1.39. The van der Waals surface area contributed by atoms with Gasteiger partial charge < -0.3 is 26.3 Å². The standard InChI is InChI=1S/C28H36N6O7S2/c1-18(14-31-26(37)17-42)30-16-25(36)32-15-24(35)21(29)8-5-13-43(40,41)33-28(39)20-11-12-34-22(20)9-10-23(34)27(38)19-6-3-2-4-7-19/h2-4,6-7,9-10,20-21,30,42H,1,5,8,11-17,29H2,(H,31,37)(H,32,36)(H,33,39). The summed E-state index contributed by atoms with van der Waals surface area (Å²) in [7, 11) is -4.01. The van der Waals surface area contributed by atoms with E-state index in [1.807, 2.05) is 6.07 Å². The predicted molar refractivity (Wildman–Crippen MR) is 163 cm³/mol. The van der Waals surface area contributed by atoms with Gasteiger partial charge in [0.2, 0.25) is 33.5 Å². The summed E-state index contributed by atoms with van der Waals surface area (Å²) < 4.78 is 29.0. The van der Waals surface area contributed by atoms with Crippen LogP contribution in [0.25, 0.3) is 0 Å². The number of sulfonamides is 1. The topological polar surface area (TPSA) is 199 Å². The van der Waals surface area contributed by atoms with E-state index in [1.54, 1.807) is 41.0 Å². The molecule has 2 heterocycles. The van der Waals surface area contributed by atoms with Crippen molar-refractivity contribution in [2.24, 2.45) is 5.73 Å². The van der Waals surface area contributed by atoms with E-state index in [1.165, 1.54) is 0 Å². The van der Waals surface area contributed by atoms with Crippen LogP contribution in [0, 0.1) is 0 Å². The molecule has 1 aliphatic rings. The van der Waals surface area contributed by atoms with Crippen molar-refractivity contribution >= 4 is 51.9 Å². The van der Waals surface area contributed by atoms with Crippen LogP contribution in [-0.2, 0) is 35.7 Å². The fraction of sp³-hybridized carbons (Fsp3) is 0.393. The summed E-state index contributed by atoms with van der Waals surface area (Å²) >= 11 is 3.83. The monoisotopic (exact) mass is 632 g/mol. The number of carbonyl (C=O) groups is 5. The fourth-order valence-corrected chi connectivity index (χ4v) is 5.69. The number of thiol groups is 1. The fourth-order valence-electron chi connectivity index (χ4n) is 4.48. The summed E-state index contributed by atoms with van der Waals surface area (Å²) in [6.07, 6.45) is 0.397. The highest BCUT2D eigenvalue weighted by atomic mass is 32.2. The first-order valence-corrected chi connectivity index (χ1v) is 15.9. The largest absolute Gasteiger partial charge is 0.379 e. The van der Waals surface area contributed by atoms with Gasteiger partial charge in [-0.25, -0.2) is 8.42 Å². The molecule has 15 heteroatoms. The molecule has 43 heavy (non-hydrogen) atoms. The number of ketones is 2. The van der Waals surface area contributed by atoms with Crippen molar-refractivity contribution in [3.63, 3.8) is 0 Å². The minimum atomic E-state index is -4.01. The molecule has 1 aromatic heterocycles. The first kappa shape index (κ1) is 33.6. The molecule has 1 aliphatic heterocycles. The Labute approximate surface area is 255 Å². The second kappa shape index (κ2) is 15.5. The normalized spacial score (nSPS) is 14.7. The average Bonchev–Trinajstić information content (AvgIpc) is 3.59. The highest BCUT2D eigenvalue weighted by Gasteiger charge is 2.33. The van der Waals surface area contributed by atoms with E-state index in [-0.39, 0.29) is 49.9 Å². The van der Waals surface area contributed by atoms with E-state index in [9.17, 15) is 32.4 Å². The minimum absolute atomic E-state index is 0.0135. The Morgan fingerprint density at radius 2 is 1.67 bits per heavy atom. The molecule has 0 saturated carbocycles. The number of hydrogen-bond donors (Lipinski definition) is 6. The maximum atomic E-state index is 12.9. The third kappa shape index (κ3) is 9.80. The minimum Gasteiger partial charge on any atom is -0.379 e. The number of rotatable bonds is 17. The molecular weight excluding hydrogens is 596 g/mol. The van der Waals surface area contributed by atoms with Gasteiger partial charge in [-0.05, 0) is 31.4 Å². The molecule has 0 saturated heterocycles. The lowest BCUT2D eigenvalue weighted by atomic mass is 10.0. The molecule has 2 aromatic rings. The van der Waals surface area contributed by atoms with Crippen LogP contribution in [0.1, 0.15) is 46.9 Å². The quantitative estimate of drug-likeness (QED) is 0.0992. The molecule has 2 unspecified atom stereocenters. The molecule has 0 aliphatic carbocycles. The van der Waals surface area contributed by atoms with Crippen molar-refractivity contribution in [2.75, 3.05) is 31.1 Å². The lowest BCUT2D eigenvalue weighted by Gasteiger charge is -2.14. The van der Waals surface area contributed by atoms with Gasteiger partial charge in [-0.15, -0.1) is 0 Å². The van der Waals surface area contributed by atoms with E-state index in [0.29, 0.717) is 35.6 Å². The number of amides is 3. The Kier molecular flexibility index (Phi) is 12.1. The number of Topliss-reactive ketones (excluding diaryl/α,β-unsaturated/α-hetero) is 1. The number of nitrogens with zero attached hydrogens (tertiary/aromatic N) is 1. The highest BCUT2D eigenvalue weighted by molar-refractivity contribution is 7.90. The van der Waals surface area contributed by atoms with E-state index < -0.39 is 45.3 Å². The van der Waals surface area contributed by atoms with Crippen LogP contribution in [0.3, 0.4) is 0 Å². The Bertz CT molecular complexity index is 1470. The van der Waals surface area contributed by atoms with Gasteiger partial charge in [-0.3, -0.25) is 28.7 Å². The summed E-state index contributed by atoms with van der Waals surface area (Å²) in [6.45, 7) is 3.67. The van der Waals surface area contributed by atoms with Gasteiger partial charge in [0, 0.05) is 23.5 Å².